The predicted molar refractivity (Wildman–Crippen MR) is 121 cm³/mol. The molecule has 0 spiro atoms. The van der Waals surface area contributed by atoms with E-state index in [1.165, 1.54) is 5.56 Å². The van der Waals surface area contributed by atoms with E-state index in [4.69, 9.17) is 4.74 Å². The van der Waals surface area contributed by atoms with E-state index in [1.54, 1.807) is 7.11 Å². The molecule has 0 bridgehead atoms. The topological polar surface area (TPSA) is 43.3 Å². The maximum atomic E-state index is 13.3. The van der Waals surface area contributed by atoms with Gasteiger partial charge in [-0.15, -0.1) is 0 Å². The van der Waals surface area contributed by atoms with E-state index in [2.05, 4.69) is 28.2 Å². The van der Waals surface area contributed by atoms with E-state index in [0.29, 0.717) is 12.1 Å². The van der Waals surface area contributed by atoms with Crippen LogP contribution in [0.15, 0.2) is 91.1 Å². The zero-order valence-corrected chi connectivity index (χ0v) is 17.1. The van der Waals surface area contributed by atoms with E-state index < -0.39 is 0 Å². The summed E-state index contributed by atoms with van der Waals surface area (Å²) in [5, 5.41) is 3.03. The molecular formula is C26H24N2O2. The number of benzene rings is 3. The van der Waals surface area contributed by atoms with Gasteiger partial charge in [-0.3, -0.25) is 4.79 Å². The summed E-state index contributed by atoms with van der Waals surface area (Å²) >= 11 is 0. The summed E-state index contributed by atoms with van der Waals surface area (Å²) in [6, 6.07) is 27.6. The van der Waals surface area contributed by atoms with Crippen LogP contribution in [-0.2, 0) is 6.54 Å². The van der Waals surface area contributed by atoms with Gasteiger partial charge in [0.05, 0.1) is 12.7 Å². The van der Waals surface area contributed by atoms with Crippen LogP contribution < -0.4 is 10.1 Å². The largest absolute Gasteiger partial charge is 0.497 e. The smallest absolute Gasteiger partial charge is 0.258 e. The highest BCUT2D eigenvalue weighted by Crippen LogP contribution is 2.31. The van der Waals surface area contributed by atoms with Gasteiger partial charge in [-0.2, -0.15) is 0 Å². The molecule has 3 aromatic carbocycles. The van der Waals surface area contributed by atoms with Crippen molar-refractivity contribution in [1.29, 1.82) is 0 Å². The Hall–Kier alpha value is -3.79. The fourth-order valence-electron chi connectivity index (χ4n) is 3.59. The van der Waals surface area contributed by atoms with Gasteiger partial charge in [0.1, 0.15) is 5.75 Å². The Morgan fingerprint density at radius 2 is 1.53 bits per heavy atom. The lowest BCUT2D eigenvalue weighted by Gasteiger charge is -2.09. The maximum Gasteiger partial charge on any atom is 0.258 e. The molecule has 0 atom stereocenters. The lowest BCUT2D eigenvalue weighted by molar-refractivity contribution is 0.102. The van der Waals surface area contributed by atoms with Gasteiger partial charge < -0.3 is 14.6 Å². The first-order valence-electron chi connectivity index (χ1n) is 9.90. The van der Waals surface area contributed by atoms with Crippen molar-refractivity contribution in [3.05, 3.63) is 108 Å². The fourth-order valence-corrected chi connectivity index (χ4v) is 3.59. The molecule has 0 saturated carbocycles. The number of nitrogens with one attached hydrogen (secondary N) is 1. The molecular weight excluding hydrogens is 372 g/mol. The van der Waals surface area contributed by atoms with Crippen molar-refractivity contribution in [3.63, 3.8) is 0 Å². The molecule has 1 N–H and O–H groups in total. The number of para-hydroxylation sites is 1. The molecule has 4 rings (SSSR count). The lowest BCUT2D eigenvalue weighted by atomic mass is 10.0. The number of ether oxygens (including phenoxy) is 1. The molecule has 1 amide bonds. The Kier molecular flexibility index (Phi) is 5.66. The minimum Gasteiger partial charge on any atom is -0.497 e. The van der Waals surface area contributed by atoms with E-state index in [1.807, 2.05) is 79.7 Å². The van der Waals surface area contributed by atoms with Crippen LogP contribution in [0.4, 0.5) is 5.69 Å². The van der Waals surface area contributed by atoms with Crippen molar-refractivity contribution < 1.29 is 9.53 Å². The number of rotatable bonds is 6. The van der Waals surface area contributed by atoms with Crippen LogP contribution >= 0.6 is 0 Å². The third kappa shape index (κ3) is 4.13. The number of aromatic nitrogens is 1. The Balaban J connectivity index is 1.75. The van der Waals surface area contributed by atoms with Gasteiger partial charge in [-0.1, -0.05) is 60.7 Å². The average Bonchev–Trinajstić information content (AvgIpc) is 3.11. The van der Waals surface area contributed by atoms with Crippen molar-refractivity contribution in [3.8, 4) is 16.9 Å². The van der Waals surface area contributed by atoms with Crippen molar-refractivity contribution in [2.75, 3.05) is 12.4 Å². The molecule has 30 heavy (non-hydrogen) atoms. The highest BCUT2D eigenvalue weighted by atomic mass is 16.5. The third-order valence-corrected chi connectivity index (χ3v) is 5.20. The minimum atomic E-state index is -0.115. The molecule has 150 valence electrons. The minimum absolute atomic E-state index is 0.115. The number of hydrogen-bond acceptors (Lipinski definition) is 2. The van der Waals surface area contributed by atoms with Gasteiger partial charge in [-0.05, 0) is 42.3 Å². The van der Waals surface area contributed by atoms with Crippen LogP contribution in [0.2, 0.25) is 0 Å². The summed E-state index contributed by atoms with van der Waals surface area (Å²) in [7, 11) is 1.65. The summed E-state index contributed by atoms with van der Waals surface area (Å²) in [6.07, 6.45) is 2.06. The molecule has 1 heterocycles. The van der Waals surface area contributed by atoms with Crippen LogP contribution in [-0.4, -0.2) is 17.6 Å². The summed E-state index contributed by atoms with van der Waals surface area (Å²) in [4.78, 5) is 13.3. The van der Waals surface area contributed by atoms with Crippen LogP contribution in [0.25, 0.3) is 11.1 Å². The van der Waals surface area contributed by atoms with E-state index in [0.717, 1.165) is 28.3 Å². The summed E-state index contributed by atoms with van der Waals surface area (Å²) in [6.45, 7) is 2.70. The number of carbonyl (C=O) groups is 1. The molecule has 0 fully saturated rings. The first kappa shape index (κ1) is 19.5. The number of methoxy groups -OCH3 is 1. The van der Waals surface area contributed by atoms with Gasteiger partial charge in [0.15, 0.2) is 0 Å². The van der Waals surface area contributed by atoms with Crippen LogP contribution in [0.5, 0.6) is 5.75 Å². The van der Waals surface area contributed by atoms with Gasteiger partial charge in [0.25, 0.3) is 5.91 Å². The summed E-state index contributed by atoms with van der Waals surface area (Å²) in [5.41, 5.74) is 5.45. The highest BCUT2D eigenvalue weighted by molar-refractivity contribution is 6.09. The first-order valence-corrected chi connectivity index (χ1v) is 9.90. The normalized spacial score (nSPS) is 10.6. The molecule has 0 unspecified atom stereocenters. The summed E-state index contributed by atoms with van der Waals surface area (Å²) < 4.78 is 7.42. The van der Waals surface area contributed by atoms with Gasteiger partial charge in [0, 0.05) is 29.7 Å². The van der Waals surface area contributed by atoms with Crippen molar-refractivity contribution in [2.45, 2.75) is 13.5 Å². The quantitative estimate of drug-likeness (QED) is 0.449. The van der Waals surface area contributed by atoms with Crippen molar-refractivity contribution >= 4 is 11.6 Å². The fraction of sp³-hybridized carbons (Fsp3) is 0.115. The zero-order valence-electron chi connectivity index (χ0n) is 17.1. The molecule has 0 radical (unpaired) electrons. The monoisotopic (exact) mass is 396 g/mol. The molecule has 1 aromatic heterocycles. The van der Waals surface area contributed by atoms with E-state index >= 15 is 0 Å². The van der Waals surface area contributed by atoms with Crippen LogP contribution in [0, 0.1) is 6.92 Å². The molecule has 4 heteroatoms. The Bertz CT molecular complexity index is 1130. The first-order chi connectivity index (χ1) is 14.7. The maximum absolute atomic E-state index is 13.3. The summed E-state index contributed by atoms with van der Waals surface area (Å²) in [5.74, 6) is 0.672. The molecule has 4 aromatic rings. The highest BCUT2D eigenvalue weighted by Gasteiger charge is 2.21. The number of carbonyl (C=O) groups excluding carboxylic acids is 1. The Morgan fingerprint density at radius 3 is 2.17 bits per heavy atom. The van der Waals surface area contributed by atoms with Gasteiger partial charge >= 0.3 is 0 Å². The van der Waals surface area contributed by atoms with E-state index in [9.17, 15) is 4.79 Å². The van der Waals surface area contributed by atoms with E-state index in [-0.39, 0.29) is 5.91 Å². The van der Waals surface area contributed by atoms with Crippen molar-refractivity contribution in [1.82, 2.24) is 4.57 Å². The number of anilines is 1. The Morgan fingerprint density at radius 1 is 0.900 bits per heavy atom. The Labute approximate surface area is 176 Å². The third-order valence-electron chi connectivity index (χ3n) is 5.20. The second-order valence-corrected chi connectivity index (χ2v) is 7.17. The number of hydrogen-bond donors (Lipinski definition) is 1. The number of amides is 1. The number of nitrogens with zero attached hydrogens (tertiary/aromatic N) is 1. The molecule has 0 aliphatic rings. The average molecular weight is 396 g/mol. The standard InChI is InChI=1S/C26H24N2O2/c1-19-25(26(29)27-22-11-7-4-8-12-22)24(21-13-15-23(30-2)16-14-21)18-28(19)17-20-9-5-3-6-10-20/h3-16,18H,17H2,1-2H3,(H,27,29). The lowest BCUT2D eigenvalue weighted by Crippen LogP contribution is -2.14. The second-order valence-electron chi connectivity index (χ2n) is 7.17. The second kappa shape index (κ2) is 8.70. The predicted octanol–water partition coefficient (Wildman–Crippen LogP) is 5.77. The van der Waals surface area contributed by atoms with Crippen molar-refractivity contribution in [2.24, 2.45) is 0 Å². The molecule has 0 aliphatic heterocycles. The SMILES string of the molecule is COc1ccc(-c2cn(Cc3ccccc3)c(C)c2C(=O)Nc2ccccc2)cc1. The van der Waals surface area contributed by atoms with Crippen LogP contribution in [0.1, 0.15) is 21.6 Å². The van der Waals surface area contributed by atoms with Crippen LogP contribution in [0.3, 0.4) is 0 Å². The zero-order chi connectivity index (χ0) is 20.9. The molecule has 0 saturated heterocycles. The van der Waals surface area contributed by atoms with Gasteiger partial charge in [-0.25, -0.2) is 0 Å². The molecule has 0 aliphatic carbocycles. The van der Waals surface area contributed by atoms with Gasteiger partial charge in [0.2, 0.25) is 0 Å². The molecule has 4 nitrogen and oxygen atoms in total.